The predicted molar refractivity (Wildman–Crippen MR) is 81.9 cm³/mol. The fraction of sp³-hybridized carbons (Fsp3) is 0.286. The minimum absolute atomic E-state index is 0.778. The molecule has 0 bridgehead atoms. The minimum Gasteiger partial charge on any atom is -0.370 e. The average molecular weight is 294 g/mol. The first-order valence-electron chi connectivity index (χ1n) is 6.15. The standard InChI is InChI=1S/C14H16ClN3S/c1-3-16-13-8-14(18-10(2)17-13)19-9-11-6-4-5-7-12(11)15/h4-8H,3,9H2,1-2H3,(H,16,17,18). The molecule has 19 heavy (non-hydrogen) atoms. The van der Waals surface area contributed by atoms with Gasteiger partial charge in [-0.3, -0.25) is 0 Å². The van der Waals surface area contributed by atoms with E-state index in [4.69, 9.17) is 11.6 Å². The van der Waals surface area contributed by atoms with Gasteiger partial charge in [0, 0.05) is 23.4 Å². The van der Waals surface area contributed by atoms with E-state index in [0.29, 0.717) is 0 Å². The van der Waals surface area contributed by atoms with Crippen LogP contribution in [0.5, 0.6) is 0 Å². The third-order valence-electron chi connectivity index (χ3n) is 2.51. The van der Waals surface area contributed by atoms with Gasteiger partial charge in [-0.05, 0) is 25.5 Å². The summed E-state index contributed by atoms with van der Waals surface area (Å²) in [5.74, 6) is 2.46. The van der Waals surface area contributed by atoms with Crippen LogP contribution in [0.1, 0.15) is 18.3 Å². The number of thioether (sulfide) groups is 1. The van der Waals surface area contributed by atoms with Crippen molar-refractivity contribution in [1.82, 2.24) is 9.97 Å². The molecule has 0 fully saturated rings. The van der Waals surface area contributed by atoms with E-state index in [2.05, 4.69) is 15.3 Å². The summed E-state index contributed by atoms with van der Waals surface area (Å²) < 4.78 is 0. The van der Waals surface area contributed by atoms with Crippen LogP contribution in [0, 0.1) is 6.92 Å². The Morgan fingerprint density at radius 1 is 1.26 bits per heavy atom. The van der Waals surface area contributed by atoms with Gasteiger partial charge in [0.15, 0.2) is 0 Å². The van der Waals surface area contributed by atoms with Gasteiger partial charge >= 0.3 is 0 Å². The maximum absolute atomic E-state index is 6.14. The van der Waals surface area contributed by atoms with Crippen molar-refractivity contribution in [1.29, 1.82) is 0 Å². The molecule has 1 aromatic carbocycles. The van der Waals surface area contributed by atoms with Crippen LogP contribution < -0.4 is 5.32 Å². The summed E-state index contributed by atoms with van der Waals surface area (Å²) in [4.78, 5) is 8.76. The molecule has 1 heterocycles. The van der Waals surface area contributed by atoms with Gasteiger partial charge in [0.1, 0.15) is 16.7 Å². The number of aromatic nitrogens is 2. The summed E-state index contributed by atoms with van der Waals surface area (Å²) in [6, 6.07) is 9.85. The lowest BCUT2D eigenvalue weighted by molar-refractivity contribution is 0.960. The van der Waals surface area contributed by atoms with Gasteiger partial charge in [-0.1, -0.05) is 29.8 Å². The monoisotopic (exact) mass is 293 g/mol. The molecule has 1 N–H and O–H groups in total. The second kappa shape index (κ2) is 6.78. The summed E-state index contributed by atoms with van der Waals surface area (Å²) in [6.07, 6.45) is 0. The van der Waals surface area contributed by atoms with Crippen LogP contribution in [0.4, 0.5) is 5.82 Å². The zero-order valence-electron chi connectivity index (χ0n) is 11.0. The minimum atomic E-state index is 0.778. The van der Waals surface area contributed by atoms with Crippen molar-refractivity contribution in [2.45, 2.75) is 24.6 Å². The van der Waals surface area contributed by atoms with Gasteiger partial charge in [-0.2, -0.15) is 0 Å². The molecule has 0 spiro atoms. The zero-order chi connectivity index (χ0) is 13.7. The van der Waals surface area contributed by atoms with Crippen LogP contribution in [0.15, 0.2) is 35.4 Å². The maximum Gasteiger partial charge on any atom is 0.130 e. The number of benzene rings is 1. The van der Waals surface area contributed by atoms with Gasteiger partial charge in [0.2, 0.25) is 0 Å². The number of rotatable bonds is 5. The van der Waals surface area contributed by atoms with E-state index in [1.54, 1.807) is 11.8 Å². The number of hydrogen-bond acceptors (Lipinski definition) is 4. The van der Waals surface area contributed by atoms with Crippen molar-refractivity contribution in [3.05, 3.63) is 46.7 Å². The molecule has 0 aliphatic carbocycles. The Hall–Kier alpha value is -1.26. The Morgan fingerprint density at radius 2 is 2.05 bits per heavy atom. The van der Waals surface area contributed by atoms with E-state index >= 15 is 0 Å². The average Bonchev–Trinajstić information content (AvgIpc) is 2.37. The second-order valence-corrected chi connectivity index (χ2v) is 5.45. The van der Waals surface area contributed by atoms with E-state index < -0.39 is 0 Å². The van der Waals surface area contributed by atoms with E-state index in [0.717, 1.165) is 39.6 Å². The number of nitrogens with zero attached hydrogens (tertiary/aromatic N) is 2. The SMILES string of the molecule is CCNc1cc(SCc2ccccc2Cl)nc(C)n1. The third kappa shape index (κ3) is 4.11. The molecule has 0 atom stereocenters. The quantitative estimate of drug-likeness (QED) is 0.663. The highest BCUT2D eigenvalue weighted by molar-refractivity contribution is 7.98. The topological polar surface area (TPSA) is 37.8 Å². The molecule has 0 aliphatic heterocycles. The molecular formula is C14H16ClN3S. The van der Waals surface area contributed by atoms with Gasteiger partial charge in [-0.15, -0.1) is 11.8 Å². The van der Waals surface area contributed by atoms with Crippen molar-refractivity contribution in [2.75, 3.05) is 11.9 Å². The number of halogens is 1. The van der Waals surface area contributed by atoms with Crippen molar-refractivity contribution in [3.63, 3.8) is 0 Å². The number of aryl methyl sites for hydroxylation is 1. The van der Waals surface area contributed by atoms with E-state index in [1.165, 1.54) is 0 Å². The first-order valence-corrected chi connectivity index (χ1v) is 7.51. The summed E-state index contributed by atoms with van der Waals surface area (Å²) in [5.41, 5.74) is 1.12. The van der Waals surface area contributed by atoms with Crippen LogP contribution in [0.25, 0.3) is 0 Å². The number of anilines is 1. The van der Waals surface area contributed by atoms with Gasteiger partial charge in [-0.25, -0.2) is 9.97 Å². The normalized spacial score (nSPS) is 10.5. The maximum atomic E-state index is 6.14. The van der Waals surface area contributed by atoms with E-state index in [9.17, 15) is 0 Å². The first kappa shape index (κ1) is 14.2. The summed E-state index contributed by atoms with van der Waals surface area (Å²) in [5, 5.41) is 4.97. The van der Waals surface area contributed by atoms with Crippen molar-refractivity contribution < 1.29 is 0 Å². The molecule has 2 rings (SSSR count). The first-order chi connectivity index (χ1) is 9.19. The van der Waals surface area contributed by atoms with Crippen LogP contribution in [-0.4, -0.2) is 16.5 Å². The van der Waals surface area contributed by atoms with Crippen LogP contribution in [0.3, 0.4) is 0 Å². The van der Waals surface area contributed by atoms with E-state index in [1.807, 2.05) is 44.2 Å². The summed E-state index contributed by atoms with van der Waals surface area (Å²) in [7, 11) is 0. The van der Waals surface area contributed by atoms with Crippen LogP contribution >= 0.6 is 23.4 Å². The highest BCUT2D eigenvalue weighted by Gasteiger charge is 2.04. The smallest absolute Gasteiger partial charge is 0.130 e. The molecule has 0 unspecified atom stereocenters. The molecule has 1 aromatic heterocycles. The van der Waals surface area contributed by atoms with E-state index in [-0.39, 0.29) is 0 Å². The lowest BCUT2D eigenvalue weighted by Crippen LogP contribution is -2.02. The predicted octanol–water partition coefficient (Wildman–Crippen LogP) is 4.16. The molecular weight excluding hydrogens is 278 g/mol. The molecule has 0 saturated carbocycles. The Balaban J connectivity index is 2.09. The molecule has 0 amide bonds. The third-order valence-corrected chi connectivity index (χ3v) is 3.83. The number of hydrogen-bond donors (Lipinski definition) is 1. The summed E-state index contributed by atoms with van der Waals surface area (Å²) >= 11 is 7.81. The molecule has 100 valence electrons. The Morgan fingerprint density at radius 3 is 2.79 bits per heavy atom. The van der Waals surface area contributed by atoms with Crippen LogP contribution in [-0.2, 0) is 5.75 Å². The molecule has 2 aromatic rings. The Kier molecular flexibility index (Phi) is 5.05. The fourth-order valence-electron chi connectivity index (χ4n) is 1.65. The van der Waals surface area contributed by atoms with Gasteiger partial charge in [0.05, 0.1) is 0 Å². The van der Waals surface area contributed by atoms with Gasteiger partial charge in [0.25, 0.3) is 0 Å². The molecule has 0 saturated heterocycles. The lowest BCUT2D eigenvalue weighted by Gasteiger charge is -2.07. The molecule has 5 heteroatoms. The second-order valence-electron chi connectivity index (χ2n) is 4.05. The zero-order valence-corrected chi connectivity index (χ0v) is 12.6. The Bertz CT molecular complexity index is 560. The fourth-order valence-corrected chi connectivity index (χ4v) is 2.88. The molecule has 0 radical (unpaired) electrons. The van der Waals surface area contributed by atoms with Gasteiger partial charge < -0.3 is 5.32 Å². The van der Waals surface area contributed by atoms with Crippen molar-refractivity contribution in [2.24, 2.45) is 0 Å². The number of nitrogens with one attached hydrogen (secondary N) is 1. The molecule has 3 nitrogen and oxygen atoms in total. The van der Waals surface area contributed by atoms with Crippen molar-refractivity contribution >= 4 is 29.2 Å². The van der Waals surface area contributed by atoms with Crippen molar-refractivity contribution in [3.8, 4) is 0 Å². The van der Waals surface area contributed by atoms with Crippen LogP contribution in [0.2, 0.25) is 5.02 Å². The summed E-state index contributed by atoms with van der Waals surface area (Å²) in [6.45, 7) is 4.81. The largest absolute Gasteiger partial charge is 0.370 e. The highest BCUT2D eigenvalue weighted by Crippen LogP contribution is 2.26. The molecule has 0 aliphatic rings. The Labute approximate surface area is 122 Å². The highest BCUT2D eigenvalue weighted by atomic mass is 35.5. The lowest BCUT2D eigenvalue weighted by atomic mass is 10.2.